The maximum Gasteiger partial charge on any atom is 0.271 e. The average molecular weight is 287 g/mol. The zero-order valence-corrected chi connectivity index (χ0v) is 11.6. The molecule has 3 heterocycles. The van der Waals surface area contributed by atoms with E-state index in [0.29, 0.717) is 12.1 Å². The predicted molar refractivity (Wildman–Crippen MR) is 79.5 cm³/mol. The van der Waals surface area contributed by atoms with Crippen molar-refractivity contribution in [2.24, 2.45) is 0 Å². The first kappa shape index (κ1) is 12.6. The molecule has 0 aliphatic carbocycles. The molecule has 2 aliphatic rings. The smallest absolute Gasteiger partial charge is 0.271 e. The third kappa shape index (κ3) is 2.23. The molecule has 1 aromatic carbocycles. The second-order valence-corrected chi connectivity index (χ2v) is 5.89. The van der Waals surface area contributed by atoms with E-state index in [0.717, 1.165) is 36.5 Å². The van der Waals surface area contributed by atoms with Crippen LogP contribution in [0.3, 0.4) is 0 Å². The summed E-state index contributed by atoms with van der Waals surface area (Å²) in [6, 6.07) is 5.91. The number of H-pyrrole nitrogens is 1. The lowest BCUT2D eigenvalue weighted by Gasteiger charge is -2.23. The van der Waals surface area contributed by atoms with E-state index >= 15 is 0 Å². The second kappa shape index (κ2) is 4.70. The van der Waals surface area contributed by atoms with Crippen LogP contribution in [0.25, 0.3) is 11.0 Å². The van der Waals surface area contributed by atoms with Gasteiger partial charge >= 0.3 is 0 Å². The van der Waals surface area contributed by atoms with Gasteiger partial charge in [0.1, 0.15) is 0 Å². The van der Waals surface area contributed by atoms with Gasteiger partial charge in [-0.15, -0.1) is 0 Å². The number of fused-ring (bicyclic) bond motifs is 3. The van der Waals surface area contributed by atoms with Crippen LogP contribution in [0, 0.1) is 10.1 Å². The Morgan fingerprint density at radius 3 is 3.00 bits per heavy atom. The van der Waals surface area contributed by atoms with Gasteiger partial charge in [-0.2, -0.15) is 0 Å². The summed E-state index contributed by atoms with van der Waals surface area (Å²) < 4.78 is 0. The summed E-state index contributed by atoms with van der Waals surface area (Å²) in [7, 11) is 0. The first-order valence-electron chi connectivity index (χ1n) is 7.34. The minimum absolute atomic E-state index is 0.0919. The summed E-state index contributed by atoms with van der Waals surface area (Å²) in [5, 5.41) is 14.5. The maximum absolute atomic E-state index is 10.8. The van der Waals surface area contributed by atoms with E-state index in [1.807, 2.05) is 0 Å². The summed E-state index contributed by atoms with van der Waals surface area (Å²) in [4.78, 5) is 20.5. The van der Waals surface area contributed by atoms with Crippen LogP contribution in [0.15, 0.2) is 18.2 Å². The number of nitro groups is 1. The molecule has 4 rings (SSSR count). The van der Waals surface area contributed by atoms with Gasteiger partial charge in [0.05, 0.1) is 16.0 Å². The topological polar surface area (TPSA) is 87.1 Å². The third-order valence-corrected chi connectivity index (χ3v) is 4.49. The number of benzene rings is 1. The van der Waals surface area contributed by atoms with E-state index in [1.165, 1.54) is 18.9 Å². The Kier molecular flexibility index (Phi) is 2.81. The van der Waals surface area contributed by atoms with Crippen molar-refractivity contribution in [2.75, 3.05) is 18.0 Å². The molecule has 7 heteroatoms. The molecule has 2 saturated heterocycles. The van der Waals surface area contributed by atoms with Gasteiger partial charge in [-0.25, -0.2) is 4.98 Å². The zero-order valence-electron chi connectivity index (χ0n) is 11.6. The van der Waals surface area contributed by atoms with Crippen LogP contribution in [0.2, 0.25) is 0 Å². The highest BCUT2D eigenvalue weighted by molar-refractivity contribution is 5.80. The second-order valence-electron chi connectivity index (χ2n) is 5.89. The van der Waals surface area contributed by atoms with Crippen molar-refractivity contribution in [2.45, 2.75) is 31.3 Å². The molecule has 2 fully saturated rings. The number of aromatic amines is 1. The summed E-state index contributed by atoms with van der Waals surface area (Å²) in [6.07, 6.45) is 3.60. The molecular formula is C14H17N5O2. The van der Waals surface area contributed by atoms with Gasteiger partial charge in [0.25, 0.3) is 5.69 Å². The summed E-state index contributed by atoms with van der Waals surface area (Å²) in [6.45, 7) is 1.91. The van der Waals surface area contributed by atoms with Gasteiger partial charge in [-0.1, -0.05) is 0 Å². The van der Waals surface area contributed by atoms with Crippen molar-refractivity contribution < 1.29 is 4.92 Å². The zero-order chi connectivity index (χ0) is 14.4. The molecular weight excluding hydrogens is 270 g/mol. The van der Waals surface area contributed by atoms with Crippen LogP contribution in [-0.4, -0.2) is 40.1 Å². The quantitative estimate of drug-likeness (QED) is 0.649. The molecule has 110 valence electrons. The van der Waals surface area contributed by atoms with Crippen molar-refractivity contribution in [3.05, 3.63) is 28.3 Å². The number of aromatic nitrogens is 2. The summed E-state index contributed by atoms with van der Waals surface area (Å²) >= 11 is 0. The van der Waals surface area contributed by atoms with Gasteiger partial charge in [0, 0.05) is 37.3 Å². The largest absolute Gasteiger partial charge is 0.341 e. The average Bonchev–Trinajstić information content (AvgIpc) is 3.01. The van der Waals surface area contributed by atoms with Crippen molar-refractivity contribution in [1.29, 1.82) is 0 Å². The first-order valence-corrected chi connectivity index (χ1v) is 7.34. The van der Waals surface area contributed by atoms with Crippen LogP contribution in [-0.2, 0) is 0 Å². The number of nitrogens with one attached hydrogen (secondary N) is 2. The van der Waals surface area contributed by atoms with Crippen molar-refractivity contribution >= 4 is 22.7 Å². The Labute approximate surface area is 121 Å². The lowest BCUT2D eigenvalue weighted by Crippen LogP contribution is -2.35. The van der Waals surface area contributed by atoms with E-state index in [9.17, 15) is 10.1 Å². The molecule has 0 spiro atoms. The lowest BCUT2D eigenvalue weighted by atomic mass is 10.1. The molecule has 7 nitrogen and oxygen atoms in total. The number of hydrogen-bond acceptors (Lipinski definition) is 5. The van der Waals surface area contributed by atoms with Gasteiger partial charge in [0.2, 0.25) is 5.95 Å². The van der Waals surface area contributed by atoms with Crippen LogP contribution in [0.1, 0.15) is 19.3 Å². The van der Waals surface area contributed by atoms with Crippen LogP contribution in [0.4, 0.5) is 11.6 Å². The van der Waals surface area contributed by atoms with Gasteiger partial charge in [0.15, 0.2) is 0 Å². The normalized spacial score (nSPS) is 25.2. The number of nitrogens with zero attached hydrogens (tertiary/aromatic N) is 3. The van der Waals surface area contributed by atoms with Gasteiger partial charge < -0.3 is 15.2 Å². The van der Waals surface area contributed by atoms with Crippen LogP contribution < -0.4 is 10.2 Å². The lowest BCUT2D eigenvalue weighted by molar-refractivity contribution is -0.384. The Hall–Kier alpha value is -2.15. The molecule has 2 aromatic rings. The standard InChI is InChI=1S/C14H17N5O2/c20-19(21)11-3-4-12-13(7-11)17-14(16-12)18-6-5-9-1-2-10(8-18)15-9/h3-4,7,9-10,15H,1-2,5-6,8H2,(H,16,17). The molecule has 0 radical (unpaired) electrons. The Balaban J connectivity index is 1.65. The minimum atomic E-state index is -0.380. The number of anilines is 1. The Bertz CT molecular complexity index is 698. The third-order valence-electron chi connectivity index (χ3n) is 4.49. The van der Waals surface area contributed by atoms with E-state index in [-0.39, 0.29) is 10.6 Å². The molecule has 21 heavy (non-hydrogen) atoms. The highest BCUT2D eigenvalue weighted by Crippen LogP contribution is 2.26. The fourth-order valence-electron chi connectivity index (χ4n) is 3.38. The highest BCUT2D eigenvalue weighted by Gasteiger charge is 2.30. The van der Waals surface area contributed by atoms with Crippen molar-refractivity contribution in [3.8, 4) is 0 Å². The number of rotatable bonds is 2. The molecule has 2 bridgehead atoms. The van der Waals surface area contributed by atoms with E-state index in [4.69, 9.17) is 0 Å². The fraction of sp³-hybridized carbons (Fsp3) is 0.500. The first-order chi connectivity index (χ1) is 10.2. The Morgan fingerprint density at radius 2 is 2.14 bits per heavy atom. The van der Waals surface area contributed by atoms with E-state index in [2.05, 4.69) is 20.2 Å². The van der Waals surface area contributed by atoms with Crippen LogP contribution >= 0.6 is 0 Å². The highest BCUT2D eigenvalue weighted by atomic mass is 16.6. The molecule has 2 atom stereocenters. The van der Waals surface area contributed by atoms with Crippen molar-refractivity contribution in [3.63, 3.8) is 0 Å². The van der Waals surface area contributed by atoms with Crippen LogP contribution in [0.5, 0.6) is 0 Å². The molecule has 2 aliphatic heterocycles. The molecule has 0 amide bonds. The minimum Gasteiger partial charge on any atom is -0.341 e. The van der Waals surface area contributed by atoms with E-state index in [1.54, 1.807) is 12.1 Å². The molecule has 1 aromatic heterocycles. The van der Waals surface area contributed by atoms with E-state index < -0.39 is 0 Å². The summed E-state index contributed by atoms with van der Waals surface area (Å²) in [5.41, 5.74) is 1.59. The maximum atomic E-state index is 10.8. The predicted octanol–water partition coefficient (Wildman–Crippen LogP) is 1.80. The molecule has 2 N–H and O–H groups in total. The van der Waals surface area contributed by atoms with Crippen molar-refractivity contribution in [1.82, 2.24) is 15.3 Å². The number of imidazole rings is 1. The SMILES string of the molecule is O=[N+]([O-])c1ccc2nc(N3CCC4CCC(C3)N4)[nH]c2c1. The number of non-ortho nitro benzene ring substituents is 1. The monoisotopic (exact) mass is 287 g/mol. The fourth-order valence-corrected chi connectivity index (χ4v) is 3.38. The Morgan fingerprint density at radius 1 is 1.29 bits per heavy atom. The molecule has 2 unspecified atom stereocenters. The summed E-state index contributed by atoms with van der Waals surface area (Å²) in [5.74, 6) is 0.819. The van der Waals surface area contributed by atoms with Gasteiger partial charge in [-0.3, -0.25) is 10.1 Å². The number of hydrogen-bond donors (Lipinski definition) is 2. The van der Waals surface area contributed by atoms with Gasteiger partial charge in [-0.05, 0) is 25.3 Å². The number of nitro benzene ring substituents is 1. The molecule has 0 saturated carbocycles.